The van der Waals surface area contributed by atoms with Crippen LogP contribution in [0, 0.1) is 0 Å². The molecule has 0 unspecified atom stereocenters. The van der Waals surface area contributed by atoms with E-state index in [1.165, 1.54) is 43.5 Å². The smallest absolute Gasteiger partial charge is 0.333 e. The predicted molar refractivity (Wildman–Crippen MR) is 238 cm³/mol. The molecule has 15 rings (SSSR count). The van der Waals surface area contributed by atoms with Crippen LogP contribution in [0.5, 0.6) is 23.0 Å². The number of ether oxygens (including phenoxy) is 2. The summed E-state index contributed by atoms with van der Waals surface area (Å²) in [7, 11) is 0. The zero-order valence-corrected chi connectivity index (χ0v) is 31.2. The first-order valence-corrected chi connectivity index (χ1v) is 20.0. The highest BCUT2D eigenvalue weighted by molar-refractivity contribution is 6.94. The number of furan rings is 2. The molecule has 0 fully saturated rings. The van der Waals surface area contributed by atoms with Crippen LogP contribution >= 0.6 is 0 Å². The van der Waals surface area contributed by atoms with E-state index in [9.17, 15) is 0 Å². The van der Waals surface area contributed by atoms with E-state index in [0.29, 0.717) is 23.0 Å². The van der Waals surface area contributed by atoms with Gasteiger partial charge in [0.1, 0.15) is 16.7 Å². The first-order chi connectivity index (χ1) is 29.3. The van der Waals surface area contributed by atoms with E-state index in [0.717, 1.165) is 72.1 Å². The molecule has 272 valence electrons. The molecule has 3 aliphatic rings. The van der Waals surface area contributed by atoms with Gasteiger partial charge in [-0.05, 0) is 70.2 Å². The SMILES string of the molecule is c1ccc2c(c1)Oc1cc3c(cc1O2)N(c1cccc2c1oc1ccccc12)B1c2c(cc4c(oc5ccccc54)c2-3)-n2c3ccc4ccccc4c3c3cccc1c32. The number of rotatable bonds is 1. The molecule has 0 saturated carbocycles. The van der Waals surface area contributed by atoms with Gasteiger partial charge in [-0.1, -0.05) is 109 Å². The normalized spacial score (nSPS) is 13.6. The quantitative estimate of drug-likeness (QED) is 0.156. The zero-order valence-electron chi connectivity index (χ0n) is 31.2. The summed E-state index contributed by atoms with van der Waals surface area (Å²) in [5, 5.41) is 9.25. The second-order valence-electron chi connectivity index (χ2n) is 15.9. The van der Waals surface area contributed by atoms with Crippen LogP contribution in [-0.4, -0.2) is 11.4 Å². The van der Waals surface area contributed by atoms with Crippen molar-refractivity contribution >= 4 is 106 Å². The Morgan fingerprint density at radius 2 is 1.10 bits per heavy atom. The lowest BCUT2D eigenvalue weighted by atomic mass is 9.44. The summed E-state index contributed by atoms with van der Waals surface area (Å²) >= 11 is 0. The standard InChI is InChI=1S/C52H27BN2O4/c1-2-12-29-28(11-1)23-24-37-47(29)33-16-9-17-36-50(33)54(37)40-25-34-31-14-4-6-20-42(31)59-52(34)48-35-26-45-46(57-44-22-8-7-21-43(44)56-45)27-39(35)55(53(36)49(40)48)38-18-10-15-32-30-13-3-5-19-41(30)58-51(32)38/h1-27H. The summed E-state index contributed by atoms with van der Waals surface area (Å²) in [5.41, 5.74) is 13.3. The lowest BCUT2D eigenvalue weighted by molar-refractivity contribution is 0.360. The summed E-state index contributed by atoms with van der Waals surface area (Å²) in [6, 6.07) is 57.9. The molecular formula is C52H27BN2O4. The molecule has 0 saturated heterocycles. The number of para-hydroxylation sites is 6. The second-order valence-corrected chi connectivity index (χ2v) is 15.9. The van der Waals surface area contributed by atoms with Gasteiger partial charge in [0.05, 0.1) is 16.7 Å². The summed E-state index contributed by atoms with van der Waals surface area (Å²) in [6.07, 6.45) is 0. The van der Waals surface area contributed by atoms with E-state index in [4.69, 9.17) is 18.3 Å². The van der Waals surface area contributed by atoms with Crippen molar-refractivity contribution in [2.24, 2.45) is 0 Å². The number of hydrogen-bond acceptors (Lipinski definition) is 5. The fourth-order valence-electron chi connectivity index (χ4n) is 10.6. The van der Waals surface area contributed by atoms with Crippen molar-refractivity contribution in [3.63, 3.8) is 0 Å². The Morgan fingerprint density at radius 3 is 1.93 bits per heavy atom. The number of anilines is 2. The average Bonchev–Trinajstić information content (AvgIpc) is 3.97. The maximum Gasteiger partial charge on any atom is 0.333 e. The number of benzene rings is 9. The van der Waals surface area contributed by atoms with Crippen LogP contribution in [0.1, 0.15) is 0 Å². The average molecular weight is 755 g/mol. The van der Waals surface area contributed by atoms with Crippen molar-refractivity contribution < 1.29 is 18.3 Å². The van der Waals surface area contributed by atoms with Gasteiger partial charge in [0.25, 0.3) is 0 Å². The molecule has 0 bridgehead atoms. The van der Waals surface area contributed by atoms with E-state index in [2.05, 4.69) is 137 Å². The molecule has 0 N–H and O–H groups in total. The van der Waals surface area contributed by atoms with Crippen LogP contribution in [0.25, 0.3) is 93.3 Å². The van der Waals surface area contributed by atoms with Crippen LogP contribution in [0.4, 0.5) is 11.4 Å². The summed E-state index contributed by atoms with van der Waals surface area (Å²) < 4.78 is 29.7. The summed E-state index contributed by atoms with van der Waals surface area (Å²) in [5.74, 6) is 2.67. The Morgan fingerprint density at radius 1 is 0.441 bits per heavy atom. The molecule has 0 atom stereocenters. The van der Waals surface area contributed by atoms with E-state index in [1.807, 2.05) is 36.4 Å². The van der Waals surface area contributed by atoms with Gasteiger partial charge in [-0.25, -0.2) is 0 Å². The van der Waals surface area contributed by atoms with Crippen LogP contribution in [0.2, 0.25) is 0 Å². The molecule has 9 aromatic carbocycles. The Kier molecular flexibility index (Phi) is 5.40. The third-order valence-electron chi connectivity index (χ3n) is 13.0. The Hall–Kier alpha value is -7.90. The molecule has 59 heavy (non-hydrogen) atoms. The maximum absolute atomic E-state index is 7.00. The van der Waals surface area contributed by atoms with Gasteiger partial charge in [0.15, 0.2) is 28.6 Å². The number of hydrogen-bond donors (Lipinski definition) is 0. The van der Waals surface area contributed by atoms with Gasteiger partial charge in [-0.2, -0.15) is 0 Å². The Labute approximate surface area is 335 Å². The van der Waals surface area contributed by atoms with Crippen molar-refractivity contribution in [3.05, 3.63) is 164 Å². The largest absolute Gasteiger partial charge is 0.455 e. The minimum absolute atomic E-state index is 0.273. The first-order valence-electron chi connectivity index (χ1n) is 20.0. The number of fused-ring (bicyclic) bond motifs is 18. The first kappa shape index (κ1) is 30.3. The Balaban J connectivity index is 1.16. The fourth-order valence-corrected chi connectivity index (χ4v) is 10.6. The van der Waals surface area contributed by atoms with Crippen molar-refractivity contribution in [1.29, 1.82) is 0 Å². The molecule has 0 spiro atoms. The molecule has 6 heterocycles. The molecule has 3 aliphatic heterocycles. The van der Waals surface area contributed by atoms with Gasteiger partial charge < -0.3 is 27.7 Å². The highest BCUT2D eigenvalue weighted by Crippen LogP contribution is 2.55. The van der Waals surface area contributed by atoms with Crippen molar-refractivity contribution in [2.45, 2.75) is 0 Å². The van der Waals surface area contributed by atoms with E-state index >= 15 is 0 Å². The molecule has 12 aromatic rings. The van der Waals surface area contributed by atoms with Crippen LogP contribution < -0.4 is 25.2 Å². The third kappa shape index (κ3) is 3.70. The lowest BCUT2D eigenvalue weighted by Gasteiger charge is -2.42. The monoisotopic (exact) mass is 754 g/mol. The summed E-state index contributed by atoms with van der Waals surface area (Å²) in [6.45, 7) is -0.273. The topological polar surface area (TPSA) is 52.9 Å². The molecule has 3 aromatic heterocycles. The number of nitrogens with zero attached hydrogens (tertiary/aromatic N) is 2. The molecule has 7 heteroatoms. The molecule has 0 aliphatic carbocycles. The fraction of sp³-hybridized carbons (Fsp3) is 0. The van der Waals surface area contributed by atoms with Crippen molar-refractivity contribution in [1.82, 2.24) is 4.57 Å². The minimum Gasteiger partial charge on any atom is -0.455 e. The highest BCUT2D eigenvalue weighted by atomic mass is 16.6. The summed E-state index contributed by atoms with van der Waals surface area (Å²) in [4.78, 5) is 2.48. The van der Waals surface area contributed by atoms with Crippen LogP contribution in [0.3, 0.4) is 0 Å². The van der Waals surface area contributed by atoms with Gasteiger partial charge in [0.2, 0.25) is 0 Å². The maximum atomic E-state index is 7.00. The van der Waals surface area contributed by atoms with Gasteiger partial charge >= 0.3 is 6.85 Å². The molecular weight excluding hydrogens is 727 g/mol. The van der Waals surface area contributed by atoms with E-state index < -0.39 is 0 Å². The molecule has 0 amide bonds. The lowest BCUT2D eigenvalue weighted by Crippen LogP contribution is -2.60. The van der Waals surface area contributed by atoms with Crippen molar-refractivity contribution in [2.75, 3.05) is 4.81 Å². The Bertz CT molecular complexity index is 3890. The van der Waals surface area contributed by atoms with Crippen LogP contribution in [0.15, 0.2) is 173 Å². The van der Waals surface area contributed by atoms with E-state index in [1.54, 1.807) is 0 Å². The predicted octanol–water partition coefficient (Wildman–Crippen LogP) is 12.9. The van der Waals surface area contributed by atoms with E-state index in [-0.39, 0.29) is 6.85 Å². The zero-order chi connectivity index (χ0) is 38.1. The van der Waals surface area contributed by atoms with Gasteiger partial charge in [-0.15, -0.1) is 0 Å². The number of aromatic nitrogens is 1. The van der Waals surface area contributed by atoms with Gasteiger partial charge in [-0.3, -0.25) is 0 Å². The molecule has 6 nitrogen and oxygen atoms in total. The third-order valence-corrected chi connectivity index (χ3v) is 13.0. The highest BCUT2D eigenvalue weighted by Gasteiger charge is 2.47. The second kappa shape index (κ2) is 10.5. The van der Waals surface area contributed by atoms with Crippen LogP contribution in [-0.2, 0) is 0 Å². The van der Waals surface area contributed by atoms with Gasteiger partial charge in [0, 0.05) is 60.9 Å². The van der Waals surface area contributed by atoms with Crippen molar-refractivity contribution in [3.8, 4) is 39.8 Å². The minimum atomic E-state index is -0.273. The molecule has 0 radical (unpaired) electrons.